The van der Waals surface area contributed by atoms with Crippen LogP contribution in [0.5, 0.6) is 0 Å². The molecule has 170 valence electrons. The van der Waals surface area contributed by atoms with Gasteiger partial charge >= 0.3 is 5.97 Å². The molecule has 0 saturated carbocycles. The number of anilines is 1. The van der Waals surface area contributed by atoms with Crippen LogP contribution in [0.3, 0.4) is 0 Å². The number of carbonyl (C=O) groups excluding carboxylic acids is 3. The molecule has 2 amide bonds. The molecule has 2 N–H and O–H groups in total. The first kappa shape index (κ1) is 23.2. The molecule has 0 spiro atoms. The molecule has 0 aliphatic carbocycles. The van der Waals surface area contributed by atoms with E-state index in [-0.39, 0.29) is 42.5 Å². The van der Waals surface area contributed by atoms with Crippen molar-refractivity contribution in [2.24, 2.45) is 0 Å². The fourth-order valence-corrected chi connectivity index (χ4v) is 4.16. The van der Waals surface area contributed by atoms with Gasteiger partial charge in [0.15, 0.2) is 0 Å². The second kappa shape index (κ2) is 9.77. The first-order chi connectivity index (χ1) is 14.6. The largest absolute Gasteiger partial charge is 0.459 e. The first-order valence-corrected chi connectivity index (χ1v) is 10.9. The maximum Gasteiger partial charge on any atom is 0.320 e. The zero-order valence-corrected chi connectivity index (χ0v) is 18.5. The standard InChI is InChI=1S/C23H32FN3O4/c1-23(2,3)31-21(29)14-27-11-4-5-15(10-12-27)17-7-6-16(13-18(17)24)25-19-8-9-20(28)26-22(19)30/h6-7,13,15,19,25H,4-5,8-12,14H2,1-3H3,(H,26,28,30). The lowest BCUT2D eigenvalue weighted by Gasteiger charge is -2.24. The molecule has 0 aromatic heterocycles. The van der Waals surface area contributed by atoms with Crippen LogP contribution in [-0.2, 0) is 19.1 Å². The number of carbonyl (C=O) groups is 3. The molecule has 8 heteroatoms. The highest BCUT2D eigenvalue weighted by atomic mass is 19.1. The number of piperidine rings is 1. The number of likely N-dealkylation sites (tertiary alicyclic amines) is 1. The van der Waals surface area contributed by atoms with Crippen LogP contribution in [0.1, 0.15) is 64.4 Å². The Hall–Kier alpha value is -2.48. The number of rotatable bonds is 5. The van der Waals surface area contributed by atoms with Gasteiger partial charge in [0.2, 0.25) is 11.8 Å². The average Bonchev–Trinajstić information content (AvgIpc) is 2.88. The molecular weight excluding hydrogens is 401 g/mol. The van der Waals surface area contributed by atoms with E-state index >= 15 is 0 Å². The molecule has 2 atom stereocenters. The summed E-state index contributed by atoms with van der Waals surface area (Å²) in [4.78, 5) is 37.4. The normalized spacial score (nSPS) is 23.1. The van der Waals surface area contributed by atoms with Crippen LogP contribution in [0.15, 0.2) is 18.2 Å². The summed E-state index contributed by atoms with van der Waals surface area (Å²) in [7, 11) is 0. The van der Waals surface area contributed by atoms with E-state index < -0.39 is 11.6 Å². The molecule has 2 fully saturated rings. The van der Waals surface area contributed by atoms with Gasteiger partial charge in [-0.15, -0.1) is 0 Å². The fourth-order valence-electron chi connectivity index (χ4n) is 4.16. The van der Waals surface area contributed by atoms with Gasteiger partial charge in [-0.1, -0.05) is 6.07 Å². The predicted octanol–water partition coefficient (Wildman–Crippen LogP) is 2.95. The van der Waals surface area contributed by atoms with Crippen LogP contribution < -0.4 is 10.6 Å². The van der Waals surface area contributed by atoms with Gasteiger partial charge in [0, 0.05) is 12.1 Å². The molecule has 7 nitrogen and oxygen atoms in total. The summed E-state index contributed by atoms with van der Waals surface area (Å²) in [5.41, 5.74) is 0.682. The third-order valence-electron chi connectivity index (χ3n) is 5.61. The summed E-state index contributed by atoms with van der Waals surface area (Å²) in [5.74, 6) is -1.12. The van der Waals surface area contributed by atoms with E-state index in [0.717, 1.165) is 25.8 Å². The highest BCUT2D eigenvalue weighted by Crippen LogP contribution is 2.31. The maximum atomic E-state index is 14.9. The van der Waals surface area contributed by atoms with E-state index in [2.05, 4.69) is 15.5 Å². The minimum absolute atomic E-state index is 0.0771. The molecule has 3 rings (SSSR count). The molecule has 0 bridgehead atoms. The number of amides is 2. The zero-order chi connectivity index (χ0) is 22.6. The second-order valence-corrected chi connectivity index (χ2v) is 9.37. The molecule has 0 radical (unpaired) electrons. The molecule has 31 heavy (non-hydrogen) atoms. The Kier molecular flexibility index (Phi) is 7.30. The average molecular weight is 434 g/mol. The van der Waals surface area contributed by atoms with Crippen LogP contribution in [-0.4, -0.2) is 54.0 Å². The predicted molar refractivity (Wildman–Crippen MR) is 115 cm³/mol. The summed E-state index contributed by atoms with van der Waals surface area (Å²) >= 11 is 0. The Morgan fingerprint density at radius 2 is 2.00 bits per heavy atom. The summed E-state index contributed by atoms with van der Waals surface area (Å²) in [5, 5.41) is 5.31. The minimum Gasteiger partial charge on any atom is -0.459 e. The van der Waals surface area contributed by atoms with Crippen molar-refractivity contribution in [3.05, 3.63) is 29.6 Å². The van der Waals surface area contributed by atoms with Crippen molar-refractivity contribution in [1.29, 1.82) is 0 Å². The number of hydrogen-bond donors (Lipinski definition) is 2. The molecule has 2 saturated heterocycles. The summed E-state index contributed by atoms with van der Waals surface area (Å²) in [6, 6.07) is 4.44. The molecule has 2 aliphatic heterocycles. The SMILES string of the molecule is CC(C)(C)OC(=O)CN1CCCC(c2ccc(NC3CCC(=O)NC3=O)cc2F)CC1. The van der Waals surface area contributed by atoms with E-state index in [4.69, 9.17) is 4.74 Å². The van der Waals surface area contributed by atoms with Crippen molar-refractivity contribution in [3.63, 3.8) is 0 Å². The Morgan fingerprint density at radius 1 is 1.23 bits per heavy atom. The number of nitrogens with zero attached hydrogens (tertiary/aromatic N) is 1. The van der Waals surface area contributed by atoms with Crippen LogP contribution in [0, 0.1) is 5.82 Å². The third-order valence-corrected chi connectivity index (χ3v) is 5.61. The summed E-state index contributed by atoms with van der Waals surface area (Å²) in [6.45, 7) is 7.30. The Bertz CT molecular complexity index is 837. The highest BCUT2D eigenvalue weighted by molar-refractivity contribution is 6.01. The smallest absolute Gasteiger partial charge is 0.320 e. The summed E-state index contributed by atoms with van der Waals surface area (Å²) in [6.07, 6.45) is 3.15. The monoisotopic (exact) mass is 433 g/mol. The van der Waals surface area contributed by atoms with Crippen molar-refractivity contribution < 1.29 is 23.5 Å². The van der Waals surface area contributed by atoms with Gasteiger partial charge in [-0.05, 0) is 83.2 Å². The molecule has 1 aromatic rings. The second-order valence-electron chi connectivity index (χ2n) is 9.37. The lowest BCUT2D eigenvalue weighted by Crippen LogP contribution is -2.47. The Morgan fingerprint density at radius 3 is 2.68 bits per heavy atom. The number of nitrogens with one attached hydrogen (secondary N) is 2. The van der Waals surface area contributed by atoms with E-state index in [1.807, 2.05) is 20.8 Å². The van der Waals surface area contributed by atoms with Gasteiger partial charge in [0.25, 0.3) is 0 Å². The van der Waals surface area contributed by atoms with Crippen LogP contribution in [0.4, 0.5) is 10.1 Å². The topological polar surface area (TPSA) is 87.7 Å². The third kappa shape index (κ3) is 6.75. The Labute approximate surface area is 182 Å². The number of imide groups is 1. The van der Waals surface area contributed by atoms with Crippen LogP contribution in [0.2, 0.25) is 0 Å². The van der Waals surface area contributed by atoms with Gasteiger partial charge in [0.05, 0.1) is 6.54 Å². The zero-order valence-electron chi connectivity index (χ0n) is 18.5. The summed E-state index contributed by atoms with van der Waals surface area (Å²) < 4.78 is 20.3. The van der Waals surface area contributed by atoms with Crippen LogP contribution in [0.25, 0.3) is 0 Å². The number of benzene rings is 1. The van der Waals surface area contributed by atoms with E-state index in [9.17, 15) is 18.8 Å². The van der Waals surface area contributed by atoms with Crippen molar-refractivity contribution in [1.82, 2.24) is 10.2 Å². The Balaban J connectivity index is 1.57. The quantitative estimate of drug-likeness (QED) is 0.548. The number of esters is 1. The van der Waals surface area contributed by atoms with Crippen molar-refractivity contribution in [2.45, 2.75) is 70.4 Å². The maximum absolute atomic E-state index is 14.9. The van der Waals surface area contributed by atoms with E-state index in [1.54, 1.807) is 12.1 Å². The fraction of sp³-hybridized carbons (Fsp3) is 0.609. The molecular formula is C23H32FN3O4. The van der Waals surface area contributed by atoms with E-state index in [1.165, 1.54) is 6.07 Å². The molecule has 2 unspecified atom stereocenters. The first-order valence-electron chi connectivity index (χ1n) is 10.9. The number of ether oxygens (including phenoxy) is 1. The molecule has 1 aromatic carbocycles. The van der Waals surface area contributed by atoms with E-state index in [0.29, 0.717) is 24.2 Å². The highest BCUT2D eigenvalue weighted by Gasteiger charge is 2.27. The number of hydrogen-bond acceptors (Lipinski definition) is 6. The van der Waals surface area contributed by atoms with Gasteiger partial charge in [-0.2, -0.15) is 0 Å². The lowest BCUT2D eigenvalue weighted by atomic mass is 9.91. The van der Waals surface area contributed by atoms with Crippen molar-refractivity contribution in [2.75, 3.05) is 25.0 Å². The van der Waals surface area contributed by atoms with Gasteiger partial charge in [-0.25, -0.2) is 4.39 Å². The lowest BCUT2D eigenvalue weighted by molar-refractivity contribution is -0.156. The van der Waals surface area contributed by atoms with Gasteiger partial charge in [0.1, 0.15) is 17.5 Å². The molecule has 2 heterocycles. The van der Waals surface area contributed by atoms with Gasteiger partial charge in [-0.3, -0.25) is 24.6 Å². The van der Waals surface area contributed by atoms with Crippen molar-refractivity contribution in [3.8, 4) is 0 Å². The van der Waals surface area contributed by atoms with Crippen LogP contribution >= 0.6 is 0 Å². The van der Waals surface area contributed by atoms with Gasteiger partial charge < -0.3 is 10.1 Å². The molecule has 2 aliphatic rings. The number of halogens is 1. The van der Waals surface area contributed by atoms with Crippen molar-refractivity contribution >= 4 is 23.5 Å². The minimum atomic E-state index is -0.540.